The monoisotopic (exact) mass is 297 g/mol. The van der Waals surface area contributed by atoms with Gasteiger partial charge in [-0.05, 0) is 30.3 Å². The van der Waals surface area contributed by atoms with E-state index in [1.165, 1.54) is 0 Å². The number of para-hydroxylation sites is 1. The minimum absolute atomic E-state index is 0.00403. The molecule has 1 unspecified atom stereocenters. The minimum Gasteiger partial charge on any atom is -0.497 e. The molecule has 0 spiro atoms. The lowest BCUT2D eigenvalue weighted by Gasteiger charge is -2.33. The number of fused-ring (bicyclic) bond motifs is 1. The fourth-order valence-electron chi connectivity index (χ4n) is 2.80. The van der Waals surface area contributed by atoms with Crippen LogP contribution < -0.4 is 9.47 Å². The Morgan fingerprint density at radius 1 is 1.18 bits per heavy atom. The number of carbonyl (C=O) groups excluding carboxylic acids is 1. The normalized spacial score (nSPS) is 16.4. The van der Waals surface area contributed by atoms with Crippen LogP contribution in [0.4, 0.5) is 0 Å². The van der Waals surface area contributed by atoms with Gasteiger partial charge in [-0.25, -0.2) is 0 Å². The van der Waals surface area contributed by atoms with Crippen molar-refractivity contribution < 1.29 is 14.3 Å². The van der Waals surface area contributed by atoms with Gasteiger partial charge < -0.3 is 14.4 Å². The van der Waals surface area contributed by atoms with Gasteiger partial charge in [-0.3, -0.25) is 4.79 Å². The van der Waals surface area contributed by atoms with E-state index in [9.17, 15) is 4.79 Å². The highest BCUT2D eigenvalue weighted by molar-refractivity contribution is 5.94. The molecule has 4 heteroatoms. The molecule has 1 amide bonds. The van der Waals surface area contributed by atoms with E-state index in [0.717, 1.165) is 23.5 Å². The topological polar surface area (TPSA) is 38.8 Å². The first-order valence-corrected chi connectivity index (χ1v) is 7.33. The van der Waals surface area contributed by atoms with Crippen LogP contribution in [0.25, 0.3) is 0 Å². The van der Waals surface area contributed by atoms with Crippen molar-refractivity contribution in [1.82, 2.24) is 4.90 Å². The maximum atomic E-state index is 12.7. The number of amides is 1. The summed E-state index contributed by atoms with van der Waals surface area (Å²) in [7, 11) is 3.46. The fraction of sp³-hybridized carbons (Fsp3) is 0.278. The van der Waals surface area contributed by atoms with Gasteiger partial charge in [-0.15, -0.1) is 0 Å². The highest BCUT2D eigenvalue weighted by Crippen LogP contribution is 2.35. The number of ether oxygens (including phenoxy) is 2. The van der Waals surface area contributed by atoms with Crippen molar-refractivity contribution in [2.24, 2.45) is 0 Å². The molecular formula is C18H19NO3. The van der Waals surface area contributed by atoms with E-state index >= 15 is 0 Å². The number of benzene rings is 2. The molecule has 0 radical (unpaired) electrons. The molecule has 4 nitrogen and oxygen atoms in total. The third kappa shape index (κ3) is 2.64. The maximum Gasteiger partial charge on any atom is 0.254 e. The molecule has 1 atom stereocenters. The molecule has 0 saturated carbocycles. The lowest BCUT2D eigenvalue weighted by Crippen LogP contribution is -2.34. The summed E-state index contributed by atoms with van der Waals surface area (Å²) in [5.41, 5.74) is 1.73. The third-order valence-corrected chi connectivity index (χ3v) is 4.05. The molecule has 0 saturated heterocycles. The molecule has 1 heterocycles. The number of methoxy groups -OCH3 is 1. The van der Waals surface area contributed by atoms with Crippen molar-refractivity contribution in [3.63, 3.8) is 0 Å². The van der Waals surface area contributed by atoms with Gasteiger partial charge in [-0.2, -0.15) is 0 Å². The molecule has 0 N–H and O–H groups in total. The van der Waals surface area contributed by atoms with Crippen LogP contribution in [0.5, 0.6) is 11.5 Å². The van der Waals surface area contributed by atoms with Gasteiger partial charge in [0, 0.05) is 24.6 Å². The van der Waals surface area contributed by atoms with E-state index in [1.807, 2.05) is 31.3 Å². The first-order valence-electron chi connectivity index (χ1n) is 7.33. The summed E-state index contributed by atoms with van der Waals surface area (Å²) in [6, 6.07) is 15.1. The van der Waals surface area contributed by atoms with Gasteiger partial charge in [0.25, 0.3) is 5.91 Å². The summed E-state index contributed by atoms with van der Waals surface area (Å²) >= 11 is 0. The summed E-state index contributed by atoms with van der Waals surface area (Å²) in [5.74, 6) is 1.62. The molecule has 3 rings (SSSR count). The summed E-state index contributed by atoms with van der Waals surface area (Å²) < 4.78 is 10.8. The molecule has 2 aromatic rings. The third-order valence-electron chi connectivity index (χ3n) is 4.05. The number of hydrogen-bond acceptors (Lipinski definition) is 3. The molecule has 0 aromatic heterocycles. The lowest BCUT2D eigenvalue weighted by molar-refractivity contribution is 0.0686. The SMILES string of the molecule is COc1ccc(C(=O)N(C)C2CCOc3ccccc32)cc1. The summed E-state index contributed by atoms with van der Waals surface area (Å²) in [5, 5.41) is 0. The average molecular weight is 297 g/mol. The predicted octanol–water partition coefficient (Wildman–Crippen LogP) is 3.29. The van der Waals surface area contributed by atoms with Gasteiger partial charge in [0.05, 0.1) is 19.8 Å². The van der Waals surface area contributed by atoms with E-state index in [4.69, 9.17) is 9.47 Å². The molecule has 1 aliphatic heterocycles. The number of rotatable bonds is 3. The first kappa shape index (κ1) is 14.4. The molecule has 0 fully saturated rings. The van der Waals surface area contributed by atoms with Crippen LogP contribution in [-0.2, 0) is 0 Å². The van der Waals surface area contributed by atoms with E-state index < -0.39 is 0 Å². The van der Waals surface area contributed by atoms with Crippen LogP contribution >= 0.6 is 0 Å². The van der Waals surface area contributed by atoms with Crippen molar-refractivity contribution in [2.75, 3.05) is 20.8 Å². The van der Waals surface area contributed by atoms with E-state index in [0.29, 0.717) is 12.2 Å². The van der Waals surface area contributed by atoms with Crippen LogP contribution in [0.2, 0.25) is 0 Å². The Labute approximate surface area is 130 Å². The van der Waals surface area contributed by atoms with Crippen LogP contribution in [0.15, 0.2) is 48.5 Å². The molecule has 114 valence electrons. The molecular weight excluding hydrogens is 278 g/mol. The van der Waals surface area contributed by atoms with Crippen molar-refractivity contribution in [3.8, 4) is 11.5 Å². The van der Waals surface area contributed by atoms with Gasteiger partial charge >= 0.3 is 0 Å². The minimum atomic E-state index is 0.00403. The molecule has 22 heavy (non-hydrogen) atoms. The second-order valence-corrected chi connectivity index (χ2v) is 5.34. The van der Waals surface area contributed by atoms with Crippen molar-refractivity contribution in [3.05, 3.63) is 59.7 Å². The predicted molar refractivity (Wildman–Crippen MR) is 84.4 cm³/mol. The second kappa shape index (κ2) is 6.10. The van der Waals surface area contributed by atoms with E-state index in [2.05, 4.69) is 0 Å². The molecule has 0 bridgehead atoms. The van der Waals surface area contributed by atoms with Crippen molar-refractivity contribution in [2.45, 2.75) is 12.5 Å². The first-order chi connectivity index (χ1) is 10.7. The smallest absolute Gasteiger partial charge is 0.254 e. The highest BCUT2D eigenvalue weighted by Gasteiger charge is 2.28. The standard InChI is InChI=1S/C18H19NO3/c1-19(18(20)13-7-9-14(21-2)10-8-13)16-11-12-22-17-6-4-3-5-15(16)17/h3-10,16H,11-12H2,1-2H3. The molecule has 0 aliphatic carbocycles. The number of nitrogens with zero attached hydrogens (tertiary/aromatic N) is 1. The number of carbonyl (C=O) groups is 1. The average Bonchev–Trinajstić information content (AvgIpc) is 2.60. The Morgan fingerprint density at radius 2 is 1.91 bits per heavy atom. The Balaban J connectivity index is 1.84. The van der Waals surface area contributed by atoms with Gasteiger partial charge in [0.1, 0.15) is 11.5 Å². The van der Waals surface area contributed by atoms with Gasteiger partial charge in [0.15, 0.2) is 0 Å². The Hall–Kier alpha value is -2.49. The number of hydrogen-bond donors (Lipinski definition) is 0. The van der Waals surface area contributed by atoms with Crippen LogP contribution in [0.1, 0.15) is 28.4 Å². The van der Waals surface area contributed by atoms with E-state index in [-0.39, 0.29) is 11.9 Å². The van der Waals surface area contributed by atoms with Crippen LogP contribution in [0, 0.1) is 0 Å². The van der Waals surface area contributed by atoms with Crippen molar-refractivity contribution >= 4 is 5.91 Å². The Morgan fingerprint density at radius 3 is 2.64 bits per heavy atom. The van der Waals surface area contributed by atoms with Crippen molar-refractivity contribution in [1.29, 1.82) is 0 Å². The largest absolute Gasteiger partial charge is 0.497 e. The molecule has 2 aromatic carbocycles. The quantitative estimate of drug-likeness (QED) is 0.872. The van der Waals surface area contributed by atoms with Crippen LogP contribution in [0.3, 0.4) is 0 Å². The summed E-state index contributed by atoms with van der Waals surface area (Å²) in [6.07, 6.45) is 0.801. The van der Waals surface area contributed by atoms with Gasteiger partial charge in [0.2, 0.25) is 0 Å². The summed E-state index contributed by atoms with van der Waals surface area (Å²) in [6.45, 7) is 0.627. The zero-order valence-corrected chi connectivity index (χ0v) is 12.8. The second-order valence-electron chi connectivity index (χ2n) is 5.34. The fourth-order valence-corrected chi connectivity index (χ4v) is 2.80. The van der Waals surface area contributed by atoms with Crippen LogP contribution in [-0.4, -0.2) is 31.6 Å². The zero-order chi connectivity index (χ0) is 15.5. The van der Waals surface area contributed by atoms with Gasteiger partial charge in [-0.1, -0.05) is 18.2 Å². The molecule has 1 aliphatic rings. The Bertz CT molecular complexity index is 666. The Kier molecular flexibility index (Phi) is 4.00. The maximum absolute atomic E-state index is 12.7. The highest BCUT2D eigenvalue weighted by atomic mass is 16.5. The summed E-state index contributed by atoms with van der Waals surface area (Å²) in [4.78, 5) is 14.5. The lowest BCUT2D eigenvalue weighted by atomic mass is 9.98. The van der Waals surface area contributed by atoms with E-state index in [1.54, 1.807) is 36.3 Å². The zero-order valence-electron chi connectivity index (χ0n) is 12.8.